The minimum absolute atomic E-state index is 0.727. The molecule has 3 fully saturated rings. The van der Waals surface area contributed by atoms with Crippen molar-refractivity contribution in [2.75, 3.05) is 6.54 Å². The van der Waals surface area contributed by atoms with Crippen LogP contribution in [-0.2, 0) is 0 Å². The molecule has 104 valence electrons. The molecule has 0 radical (unpaired) electrons. The quantitative estimate of drug-likeness (QED) is 0.701. The van der Waals surface area contributed by atoms with Gasteiger partial charge in [0.05, 0.1) is 6.17 Å². The highest BCUT2D eigenvalue weighted by Crippen LogP contribution is 2.39. The lowest BCUT2D eigenvalue weighted by Crippen LogP contribution is -2.46. The fourth-order valence-electron chi connectivity index (χ4n) is 4.77. The molecule has 2 aliphatic heterocycles. The standard InChI is InChI=1S/C16H30N2/c1-13(2)18-15-10-6-4-3-5-9-14(15)17-12-8-7-11-16(17)18/h13-16H,3-12H2,1-2H3. The highest BCUT2D eigenvalue weighted by molar-refractivity contribution is 5.01. The lowest BCUT2D eigenvalue weighted by atomic mass is 9.91. The average Bonchev–Trinajstić information content (AvgIpc) is 2.62. The first kappa shape index (κ1) is 12.9. The van der Waals surface area contributed by atoms with Crippen molar-refractivity contribution >= 4 is 0 Å². The molecule has 0 amide bonds. The minimum Gasteiger partial charge on any atom is -0.283 e. The smallest absolute Gasteiger partial charge is 0.0630 e. The molecule has 1 aliphatic carbocycles. The average molecular weight is 250 g/mol. The Morgan fingerprint density at radius 2 is 1.44 bits per heavy atom. The number of hydrogen-bond acceptors (Lipinski definition) is 2. The molecular formula is C16H30N2. The van der Waals surface area contributed by atoms with Gasteiger partial charge in [-0.3, -0.25) is 9.80 Å². The molecule has 2 nitrogen and oxygen atoms in total. The van der Waals surface area contributed by atoms with E-state index in [0.29, 0.717) is 0 Å². The van der Waals surface area contributed by atoms with Gasteiger partial charge in [-0.25, -0.2) is 0 Å². The van der Waals surface area contributed by atoms with Crippen LogP contribution in [0.15, 0.2) is 0 Å². The molecule has 2 heterocycles. The Kier molecular flexibility index (Phi) is 3.95. The van der Waals surface area contributed by atoms with Gasteiger partial charge in [-0.2, -0.15) is 0 Å². The van der Waals surface area contributed by atoms with Crippen LogP contribution < -0.4 is 0 Å². The van der Waals surface area contributed by atoms with Crippen molar-refractivity contribution in [3.63, 3.8) is 0 Å². The number of hydrogen-bond donors (Lipinski definition) is 0. The summed E-state index contributed by atoms with van der Waals surface area (Å²) in [6.45, 7) is 6.19. The van der Waals surface area contributed by atoms with Gasteiger partial charge in [0.1, 0.15) is 0 Å². The Morgan fingerprint density at radius 1 is 0.778 bits per heavy atom. The lowest BCUT2D eigenvalue weighted by Gasteiger charge is -2.37. The van der Waals surface area contributed by atoms with Crippen molar-refractivity contribution in [1.82, 2.24) is 9.80 Å². The molecule has 0 bridgehead atoms. The third-order valence-electron chi connectivity index (χ3n) is 5.45. The van der Waals surface area contributed by atoms with Crippen LogP contribution in [0.25, 0.3) is 0 Å². The van der Waals surface area contributed by atoms with E-state index >= 15 is 0 Å². The maximum Gasteiger partial charge on any atom is 0.0630 e. The van der Waals surface area contributed by atoms with E-state index in [2.05, 4.69) is 23.6 Å². The van der Waals surface area contributed by atoms with Gasteiger partial charge in [-0.15, -0.1) is 0 Å². The molecule has 0 aromatic rings. The summed E-state index contributed by atoms with van der Waals surface area (Å²) in [5.41, 5.74) is 0. The Morgan fingerprint density at radius 3 is 2.17 bits per heavy atom. The Labute approximate surface area is 113 Å². The summed E-state index contributed by atoms with van der Waals surface area (Å²) in [4.78, 5) is 5.77. The molecular weight excluding hydrogens is 220 g/mol. The zero-order valence-corrected chi connectivity index (χ0v) is 12.3. The maximum atomic E-state index is 2.89. The second-order valence-electron chi connectivity index (χ2n) is 6.88. The van der Waals surface area contributed by atoms with E-state index in [9.17, 15) is 0 Å². The van der Waals surface area contributed by atoms with Crippen molar-refractivity contribution in [3.8, 4) is 0 Å². The molecule has 1 saturated carbocycles. The van der Waals surface area contributed by atoms with E-state index < -0.39 is 0 Å². The summed E-state index contributed by atoms with van der Waals surface area (Å²) in [5.74, 6) is 0. The first-order chi connectivity index (χ1) is 8.79. The third-order valence-corrected chi connectivity index (χ3v) is 5.45. The summed E-state index contributed by atoms with van der Waals surface area (Å²) < 4.78 is 0. The Bertz CT molecular complexity index is 276. The van der Waals surface area contributed by atoms with Crippen LogP contribution in [0.5, 0.6) is 0 Å². The van der Waals surface area contributed by atoms with Crippen LogP contribution in [0.4, 0.5) is 0 Å². The Hall–Kier alpha value is -0.0800. The third kappa shape index (κ3) is 2.22. The van der Waals surface area contributed by atoms with E-state index in [0.717, 1.165) is 24.3 Å². The normalized spacial score (nSPS) is 39.2. The number of rotatable bonds is 1. The van der Waals surface area contributed by atoms with Crippen LogP contribution in [0.3, 0.4) is 0 Å². The van der Waals surface area contributed by atoms with Crippen LogP contribution in [0, 0.1) is 0 Å². The molecule has 0 N–H and O–H groups in total. The second-order valence-corrected chi connectivity index (χ2v) is 6.88. The first-order valence-electron chi connectivity index (χ1n) is 8.32. The van der Waals surface area contributed by atoms with Gasteiger partial charge in [0.25, 0.3) is 0 Å². The van der Waals surface area contributed by atoms with Crippen molar-refractivity contribution in [3.05, 3.63) is 0 Å². The zero-order chi connectivity index (χ0) is 12.5. The van der Waals surface area contributed by atoms with Gasteiger partial charge in [0, 0.05) is 18.1 Å². The van der Waals surface area contributed by atoms with Crippen molar-refractivity contribution in [2.45, 2.75) is 95.9 Å². The van der Waals surface area contributed by atoms with Gasteiger partial charge in [0.15, 0.2) is 0 Å². The molecule has 0 aromatic carbocycles. The first-order valence-corrected chi connectivity index (χ1v) is 8.32. The van der Waals surface area contributed by atoms with E-state index in [1.54, 1.807) is 0 Å². The predicted octanol–water partition coefficient (Wildman–Crippen LogP) is 3.61. The molecule has 18 heavy (non-hydrogen) atoms. The lowest BCUT2D eigenvalue weighted by molar-refractivity contribution is 0.0567. The van der Waals surface area contributed by atoms with Crippen LogP contribution in [-0.4, -0.2) is 40.6 Å². The van der Waals surface area contributed by atoms with Gasteiger partial charge in [-0.1, -0.05) is 25.7 Å². The van der Waals surface area contributed by atoms with Crippen LogP contribution in [0.1, 0.15) is 71.6 Å². The fourth-order valence-corrected chi connectivity index (χ4v) is 4.77. The van der Waals surface area contributed by atoms with Gasteiger partial charge < -0.3 is 0 Å². The van der Waals surface area contributed by atoms with Crippen molar-refractivity contribution < 1.29 is 0 Å². The molecule has 0 spiro atoms. The highest BCUT2D eigenvalue weighted by atomic mass is 15.5. The zero-order valence-electron chi connectivity index (χ0n) is 12.3. The summed E-state index contributed by atoms with van der Waals surface area (Å²) in [7, 11) is 0. The van der Waals surface area contributed by atoms with E-state index in [4.69, 9.17) is 0 Å². The minimum atomic E-state index is 0.727. The number of piperidine rings is 1. The monoisotopic (exact) mass is 250 g/mol. The van der Waals surface area contributed by atoms with E-state index in [1.807, 2.05) is 0 Å². The van der Waals surface area contributed by atoms with E-state index in [1.165, 1.54) is 64.3 Å². The number of nitrogens with zero attached hydrogens (tertiary/aromatic N) is 2. The fraction of sp³-hybridized carbons (Fsp3) is 1.00. The van der Waals surface area contributed by atoms with E-state index in [-0.39, 0.29) is 0 Å². The summed E-state index contributed by atoms with van der Waals surface area (Å²) in [5, 5.41) is 0. The molecule has 3 unspecified atom stereocenters. The Balaban J connectivity index is 1.83. The molecule has 3 atom stereocenters. The SMILES string of the molecule is CC(C)N1C2CCCCCCC2N2CCCCC21. The van der Waals surface area contributed by atoms with Crippen LogP contribution >= 0.6 is 0 Å². The predicted molar refractivity (Wildman–Crippen MR) is 76.6 cm³/mol. The van der Waals surface area contributed by atoms with Gasteiger partial charge in [0.2, 0.25) is 0 Å². The summed E-state index contributed by atoms with van der Waals surface area (Å²) >= 11 is 0. The molecule has 3 rings (SSSR count). The maximum absolute atomic E-state index is 2.89. The van der Waals surface area contributed by atoms with Crippen molar-refractivity contribution in [2.24, 2.45) is 0 Å². The van der Waals surface area contributed by atoms with Gasteiger partial charge >= 0.3 is 0 Å². The molecule has 0 aromatic heterocycles. The molecule has 3 aliphatic rings. The van der Waals surface area contributed by atoms with Gasteiger partial charge in [-0.05, 0) is 52.5 Å². The summed E-state index contributed by atoms with van der Waals surface area (Å²) in [6, 6.07) is 2.48. The molecule has 2 heteroatoms. The second kappa shape index (κ2) is 5.50. The largest absolute Gasteiger partial charge is 0.283 e. The van der Waals surface area contributed by atoms with Crippen LogP contribution in [0.2, 0.25) is 0 Å². The molecule has 2 saturated heterocycles. The summed E-state index contributed by atoms with van der Waals surface area (Å²) in [6.07, 6.45) is 13.9. The van der Waals surface area contributed by atoms with Crippen molar-refractivity contribution in [1.29, 1.82) is 0 Å². The number of fused-ring (bicyclic) bond motifs is 3. The highest BCUT2D eigenvalue weighted by Gasteiger charge is 2.47. The topological polar surface area (TPSA) is 6.48 Å².